The van der Waals surface area contributed by atoms with Gasteiger partial charge in [-0.2, -0.15) is 4.31 Å². The van der Waals surface area contributed by atoms with Gasteiger partial charge in [-0.05, 0) is 52.9 Å². The first-order valence-electron chi connectivity index (χ1n) is 6.63. The van der Waals surface area contributed by atoms with E-state index in [-0.39, 0.29) is 22.8 Å². The van der Waals surface area contributed by atoms with Gasteiger partial charge < -0.3 is 10.8 Å². The van der Waals surface area contributed by atoms with Crippen LogP contribution < -0.4 is 5.73 Å². The van der Waals surface area contributed by atoms with Gasteiger partial charge in [0.1, 0.15) is 0 Å². The summed E-state index contributed by atoms with van der Waals surface area (Å²) >= 11 is 3.28. The van der Waals surface area contributed by atoms with E-state index in [1.165, 1.54) is 10.4 Å². The number of benzene rings is 1. The van der Waals surface area contributed by atoms with Crippen LogP contribution in [0.1, 0.15) is 12.8 Å². The van der Waals surface area contributed by atoms with Crippen LogP contribution in [-0.2, 0) is 10.0 Å². The summed E-state index contributed by atoms with van der Waals surface area (Å²) in [4.78, 5) is 0.201. The molecule has 3 unspecified atom stereocenters. The number of rotatable bonds is 2. The lowest BCUT2D eigenvalue weighted by atomic mass is 10.00. The van der Waals surface area contributed by atoms with Gasteiger partial charge in [-0.25, -0.2) is 8.42 Å². The summed E-state index contributed by atoms with van der Waals surface area (Å²) in [6, 6.07) is 4.78. The summed E-state index contributed by atoms with van der Waals surface area (Å²) in [5.41, 5.74) is 6.12. The Morgan fingerprint density at radius 3 is 2.75 bits per heavy atom. The fraction of sp³-hybridized carbons (Fsp3) is 0.538. The molecule has 2 fully saturated rings. The van der Waals surface area contributed by atoms with Gasteiger partial charge in [0.15, 0.2) is 0 Å². The highest BCUT2D eigenvalue weighted by Crippen LogP contribution is 2.40. The summed E-state index contributed by atoms with van der Waals surface area (Å²) in [5, 5.41) is 9.90. The molecule has 0 radical (unpaired) electrons. The van der Waals surface area contributed by atoms with Crippen LogP contribution in [0.25, 0.3) is 0 Å². The van der Waals surface area contributed by atoms with E-state index in [0.717, 1.165) is 12.8 Å². The zero-order valence-electron chi connectivity index (χ0n) is 10.9. The Balaban J connectivity index is 1.92. The normalized spacial score (nSPS) is 30.6. The minimum atomic E-state index is -3.56. The Morgan fingerprint density at radius 2 is 2.05 bits per heavy atom. The number of aliphatic hydroxyl groups is 1. The van der Waals surface area contributed by atoms with E-state index in [1.807, 2.05) is 0 Å². The Hall–Kier alpha value is -0.630. The molecule has 1 saturated heterocycles. The first kappa shape index (κ1) is 14.3. The van der Waals surface area contributed by atoms with Gasteiger partial charge in [0.2, 0.25) is 10.0 Å². The zero-order valence-corrected chi connectivity index (χ0v) is 13.3. The average molecular weight is 361 g/mol. The van der Waals surface area contributed by atoms with Crippen molar-refractivity contribution in [1.29, 1.82) is 0 Å². The van der Waals surface area contributed by atoms with Crippen molar-refractivity contribution in [1.82, 2.24) is 4.31 Å². The molecule has 1 aliphatic carbocycles. The Bertz CT molecular complexity index is 635. The average Bonchev–Trinajstić information content (AvgIpc) is 2.95. The Morgan fingerprint density at radius 1 is 1.30 bits per heavy atom. The lowest BCUT2D eigenvalue weighted by Crippen LogP contribution is -2.31. The molecule has 7 heteroatoms. The standard InChI is InChI=1S/C13H17BrN2O3S/c14-11-3-2-9(15)5-13(11)20(18,19)16-6-8-1-4-12(17)10(8)7-16/h2-3,5,8,10,12,17H,1,4,6-7,15H2. The van der Waals surface area contributed by atoms with Gasteiger partial charge in [-0.1, -0.05) is 0 Å². The zero-order chi connectivity index (χ0) is 14.5. The summed E-state index contributed by atoms with van der Waals surface area (Å²) in [6.45, 7) is 0.890. The largest absolute Gasteiger partial charge is 0.399 e. The van der Waals surface area contributed by atoms with Crippen molar-refractivity contribution >= 4 is 31.6 Å². The van der Waals surface area contributed by atoms with E-state index in [0.29, 0.717) is 23.2 Å². The van der Waals surface area contributed by atoms with Gasteiger partial charge in [-0.15, -0.1) is 0 Å². The number of nitrogen functional groups attached to an aromatic ring is 1. The molecule has 20 heavy (non-hydrogen) atoms. The third-order valence-electron chi connectivity index (χ3n) is 4.36. The number of nitrogens with two attached hydrogens (primary N) is 1. The van der Waals surface area contributed by atoms with E-state index >= 15 is 0 Å². The number of fused-ring (bicyclic) bond motifs is 1. The van der Waals surface area contributed by atoms with Crippen LogP contribution in [-0.4, -0.2) is 37.0 Å². The molecule has 110 valence electrons. The highest BCUT2D eigenvalue weighted by atomic mass is 79.9. The predicted octanol–water partition coefficient (Wildman–Crippen LogP) is 1.42. The highest BCUT2D eigenvalue weighted by Gasteiger charge is 2.46. The van der Waals surface area contributed by atoms with Gasteiger partial charge in [0, 0.05) is 29.2 Å². The number of sulfonamides is 1. The number of nitrogens with zero attached hydrogens (tertiary/aromatic N) is 1. The molecule has 1 heterocycles. The lowest BCUT2D eigenvalue weighted by Gasteiger charge is -2.19. The molecule has 3 rings (SSSR count). The molecule has 5 nitrogen and oxygen atoms in total. The molecule has 2 aliphatic rings. The topological polar surface area (TPSA) is 83.6 Å². The number of anilines is 1. The Kier molecular flexibility index (Phi) is 3.56. The Labute approximate surface area is 126 Å². The molecule has 0 spiro atoms. The molecule has 3 N–H and O–H groups in total. The first-order chi connectivity index (χ1) is 9.39. The van der Waals surface area contributed by atoms with E-state index in [9.17, 15) is 13.5 Å². The van der Waals surface area contributed by atoms with Crippen LogP contribution in [0.2, 0.25) is 0 Å². The first-order valence-corrected chi connectivity index (χ1v) is 8.86. The summed E-state index contributed by atoms with van der Waals surface area (Å²) in [6.07, 6.45) is 1.31. The van der Waals surface area contributed by atoms with Crippen LogP contribution in [0.4, 0.5) is 5.69 Å². The van der Waals surface area contributed by atoms with Crippen molar-refractivity contribution in [3.63, 3.8) is 0 Å². The summed E-state index contributed by atoms with van der Waals surface area (Å²) < 4.78 is 27.4. The fourth-order valence-electron chi connectivity index (χ4n) is 3.25. The minimum Gasteiger partial charge on any atom is -0.399 e. The maximum Gasteiger partial charge on any atom is 0.244 e. The molecule has 0 bridgehead atoms. The minimum absolute atomic E-state index is 0.0737. The van der Waals surface area contributed by atoms with Crippen molar-refractivity contribution in [2.75, 3.05) is 18.8 Å². The third kappa shape index (κ3) is 2.26. The van der Waals surface area contributed by atoms with Crippen LogP contribution in [0.5, 0.6) is 0 Å². The van der Waals surface area contributed by atoms with Crippen LogP contribution in [0.3, 0.4) is 0 Å². The van der Waals surface area contributed by atoms with Gasteiger partial charge in [-0.3, -0.25) is 0 Å². The monoisotopic (exact) mass is 360 g/mol. The second kappa shape index (κ2) is 4.98. The van der Waals surface area contributed by atoms with E-state index < -0.39 is 10.0 Å². The summed E-state index contributed by atoms with van der Waals surface area (Å²) in [5.74, 6) is 0.351. The van der Waals surface area contributed by atoms with Gasteiger partial charge in [0.25, 0.3) is 0 Å². The summed E-state index contributed by atoms with van der Waals surface area (Å²) in [7, 11) is -3.56. The second-order valence-electron chi connectivity index (χ2n) is 5.58. The van der Waals surface area contributed by atoms with Crippen molar-refractivity contribution in [3.05, 3.63) is 22.7 Å². The van der Waals surface area contributed by atoms with Crippen LogP contribution in [0, 0.1) is 11.8 Å². The molecule has 1 aromatic rings. The SMILES string of the molecule is Nc1ccc(Br)c(S(=O)(=O)N2CC3CCC(O)C3C2)c1. The van der Waals surface area contributed by atoms with Crippen LogP contribution in [0.15, 0.2) is 27.6 Å². The number of halogens is 1. The highest BCUT2D eigenvalue weighted by molar-refractivity contribution is 9.10. The number of aliphatic hydroxyl groups excluding tert-OH is 1. The number of hydrogen-bond donors (Lipinski definition) is 2. The molecular weight excluding hydrogens is 344 g/mol. The van der Waals surface area contributed by atoms with Crippen molar-refractivity contribution in [3.8, 4) is 0 Å². The van der Waals surface area contributed by atoms with Gasteiger partial charge in [0.05, 0.1) is 11.0 Å². The van der Waals surface area contributed by atoms with E-state index in [1.54, 1.807) is 12.1 Å². The maximum atomic E-state index is 12.7. The molecular formula is C13H17BrN2O3S. The molecule has 0 aromatic heterocycles. The third-order valence-corrected chi connectivity index (χ3v) is 7.18. The van der Waals surface area contributed by atoms with Crippen molar-refractivity contribution in [2.24, 2.45) is 11.8 Å². The quantitative estimate of drug-likeness (QED) is 0.781. The van der Waals surface area contributed by atoms with Crippen LogP contribution >= 0.6 is 15.9 Å². The van der Waals surface area contributed by atoms with E-state index in [2.05, 4.69) is 15.9 Å². The van der Waals surface area contributed by atoms with E-state index in [4.69, 9.17) is 5.73 Å². The molecule has 1 aromatic carbocycles. The number of hydrogen-bond acceptors (Lipinski definition) is 4. The second-order valence-corrected chi connectivity index (χ2v) is 8.34. The smallest absolute Gasteiger partial charge is 0.244 e. The molecule has 0 amide bonds. The predicted molar refractivity (Wildman–Crippen MR) is 79.5 cm³/mol. The van der Waals surface area contributed by atoms with Gasteiger partial charge >= 0.3 is 0 Å². The molecule has 1 aliphatic heterocycles. The van der Waals surface area contributed by atoms with Crippen molar-refractivity contribution in [2.45, 2.75) is 23.8 Å². The molecule has 3 atom stereocenters. The maximum absolute atomic E-state index is 12.7. The lowest BCUT2D eigenvalue weighted by molar-refractivity contribution is 0.129. The fourth-order valence-corrected chi connectivity index (χ4v) is 5.74. The van der Waals surface area contributed by atoms with Crippen molar-refractivity contribution < 1.29 is 13.5 Å². The molecule has 1 saturated carbocycles.